The molecule has 0 saturated carbocycles. The highest BCUT2D eigenvalue weighted by Gasteiger charge is 2.26. The van der Waals surface area contributed by atoms with Gasteiger partial charge in [0.15, 0.2) is 5.65 Å². The standard InChI is InChI=1S/C20H26N4O2/c1-5-13(4)26-20(25)16-17-19(24(18(16)21)11-10-12(2)3)23-15-9-7-6-8-14(15)22-17/h6-9,12-13H,5,10-11,21H2,1-4H3. The number of nitrogens with zero attached hydrogens (tertiary/aromatic N) is 3. The lowest BCUT2D eigenvalue weighted by Gasteiger charge is -2.11. The second kappa shape index (κ2) is 7.32. The minimum absolute atomic E-state index is 0.177. The molecule has 0 aliphatic carbocycles. The Bertz CT molecular complexity index is 946. The molecule has 0 spiro atoms. The smallest absolute Gasteiger partial charge is 0.344 e. The highest BCUT2D eigenvalue weighted by atomic mass is 16.5. The van der Waals surface area contributed by atoms with E-state index in [0.717, 1.165) is 23.9 Å². The van der Waals surface area contributed by atoms with Crippen LogP contribution in [0.15, 0.2) is 24.3 Å². The summed E-state index contributed by atoms with van der Waals surface area (Å²) in [6.07, 6.45) is 1.50. The van der Waals surface area contributed by atoms with Crippen molar-refractivity contribution in [3.8, 4) is 0 Å². The van der Waals surface area contributed by atoms with Gasteiger partial charge in [0, 0.05) is 6.54 Å². The van der Waals surface area contributed by atoms with Gasteiger partial charge in [-0.3, -0.25) is 0 Å². The fourth-order valence-corrected chi connectivity index (χ4v) is 2.86. The summed E-state index contributed by atoms with van der Waals surface area (Å²) in [5.41, 5.74) is 9.35. The fourth-order valence-electron chi connectivity index (χ4n) is 2.86. The first-order valence-electron chi connectivity index (χ1n) is 9.17. The van der Waals surface area contributed by atoms with Crippen molar-refractivity contribution in [3.63, 3.8) is 0 Å². The minimum atomic E-state index is -0.435. The number of hydrogen-bond acceptors (Lipinski definition) is 5. The first-order valence-corrected chi connectivity index (χ1v) is 9.17. The van der Waals surface area contributed by atoms with Crippen molar-refractivity contribution in [3.05, 3.63) is 29.8 Å². The van der Waals surface area contributed by atoms with Crippen molar-refractivity contribution in [1.29, 1.82) is 0 Å². The second-order valence-corrected chi connectivity index (χ2v) is 7.10. The van der Waals surface area contributed by atoms with Gasteiger partial charge in [-0.15, -0.1) is 0 Å². The molecule has 6 heteroatoms. The molecule has 2 aromatic heterocycles. The third kappa shape index (κ3) is 3.36. The first-order chi connectivity index (χ1) is 12.4. The van der Waals surface area contributed by atoms with Crippen LogP contribution in [0.4, 0.5) is 5.82 Å². The molecule has 138 valence electrons. The molecule has 2 N–H and O–H groups in total. The Morgan fingerprint density at radius 2 is 1.85 bits per heavy atom. The van der Waals surface area contributed by atoms with E-state index < -0.39 is 5.97 Å². The van der Waals surface area contributed by atoms with E-state index >= 15 is 0 Å². The lowest BCUT2D eigenvalue weighted by Crippen LogP contribution is -2.16. The number of esters is 1. The number of nitrogens with two attached hydrogens (primary N) is 1. The van der Waals surface area contributed by atoms with Crippen LogP contribution < -0.4 is 5.73 Å². The number of ether oxygens (including phenoxy) is 1. The third-order valence-electron chi connectivity index (χ3n) is 4.61. The van der Waals surface area contributed by atoms with E-state index in [1.54, 1.807) is 0 Å². The van der Waals surface area contributed by atoms with E-state index in [2.05, 4.69) is 18.8 Å². The molecule has 0 saturated heterocycles. The molecule has 1 atom stereocenters. The number of anilines is 1. The minimum Gasteiger partial charge on any atom is -0.459 e. The van der Waals surface area contributed by atoms with Crippen molar-refractivity contribution >= 4 is 34.0 Å². The molecule has 3 aromatic rings. The van der Waals surface area contributed by atoms with E-state index in [4.69, 9.17) is 15.5 Å². The lowest BCUT2D eigenvalue weighted by atomic mass is 10.1. The summed E-state index contributed by atoms with van der Waals surface area (Å²) in [5, 5.41) is 0. The van der Waals surface area contributed by atoms with E-state index in [0.29, 0.717) is 35.0 Å². The van der Waals surface area contributed by atoms with Crippen molar-refractivity contribution in [2.24, 2.45) is 5.92 Å². The van der Waals surface area contributed by atoms with E-state index in [1.165, 1.54) is 0 Å². The zero-order valence-electron chi connectivity index (χ0n) is 15.8. The van der Waals surface area contributed by atoms with Crippen LogP contribution in [-0.2, 0) is 11.3 Å². The normalized spacial score (nSPS) is 12.8. The number of fused-ring (bicyclic) bond motifs is 2. The largest absolute Gasteiger partial charge is 0.459 e. The van der Waals surface area contributed by atoms with Gasteiger partial charge in [0.05, 0.1) is 17.1 Å². The molecule has 0 radical (unpaired) electrons. The molecule has 1 aromatic carbocycles. The van der Waals surface area contributed by atoms with Gasteiger partial charge in [-0.05, 0) is 37.8 Å². The van der Waals surface area contributed by atoms with Crippen molar-refractivity contribution in [2.75, 3.05) is 5.73 Å². The van der Waals surface area contributed by atoms with E-state index in [1.807, 2.05) is 42.7 Å². The Labute approximate surface area is 153 Å². The van der Waals surface area contributed by atoms with E-state index in [9.17, 15) is 4.79 Å². The first kappa shape index (κ1) is 18.2. The summed E-state index contributed by atoms with van der Waals surface area (Å²) >= 11 is 0. The van der Waals surface area contributed by atoms with Crippen molar-refractivity contribution in [2.45, 2.75) is 53.2 Å². The summed E-state index contributed by atoms with van der Waals surface area (Å²) in [5.74, 6) is 0.453. The van der Waals surface area contributed by atoms with Crippen LogP contribution in [-0.4, -0.2) is 26.6 Å². The SMILES string of the molecule is CCC(C)OC(=O)c1c(N)n(CCC(C)C)c2nc3ccccc3nc12. The van der Waals surface area contributed by atoms with Gasteiger partial charge in [0.25, 0.3) is 0 Å². The summed E-state index contributed by atoms with van der Waals surface area (Å²) < 4.78 is 7.42. The maximum Gasteiger partial charge on any atom is 0.344 e. The number of aromatic nitrogens is 3. The molecule has 0 aliphatic rings. The van der Waals surface area contributed by atoms with Crippen LogP contribution in [0.2, 0.25) is 0 Å². The molecule has 6 nitrogen and oxygen atoms in total. The molecule has 1 unspecified atom stereocenters. The average Bonchev–Trinajstić information content (AvgIpc) is 2.88. The monoisotopic (exact) mass is 354 g/mol. The number of benzene rings is 1. The van der Waals surface area contributed by atoms with Gasteiger partial charge in [-0.2, -0.15) is 0 Å². The Balaban J connectivity index is 2.19. The zero-order chi connectivity index (χ0) is 18.8. The van der Waals surface area contributed by atoms with Crippen LogP contribution in [0, 0.1) is 5.92 Å². The lowest BCUT2D eigenvalue weighted by molar-refractivity contribution is 0.0338. The molecule has 3 rings (SSSR count). The Hall–Kier alpha value is -2.63. The molecule has 0 aliphatic heterocycles. The van der Waals surface area contributed by atoms with Crippen molar-refractivity contribution < 1.29 is 9.53 Å². The van der Waals surface area contributed by atoms with Gasteiger partial charge in [-0.1, -0.05) is 32.9 Å². The Kier molecular flexibility index (Phi) is 5.11. The quantitative estimate of drug-likeness (QED) is 0.672. The maximum atomic E-state index is 12.8. The van der Waals surface area contributed by atoms with E-state index in [-0.39, 0.29) is 6.10 Å². The topological polar surface area (TPSA) is 83.0 Å². The molecular weight excluding hydrogens is 328 g/mol. The zero-order valence-corrected chi connectivity index (χ0v) is 15.8. The number of hydrogen-bond donors (Lipinski definition) is 1. The predicted molar refractivity (Wildman–Crippen MR) is 104 cm³/mol. The highest BCUT2D eigenvalue weighted by Crippen LogP contribution is 2.29. The second-order valence-electron chi connectivity index (χ2n) is 7.10. The van der Waals surface area contributed by atoms with Gasteiger partial charge in [0.1, 0.15) is 16.9 Å². The highest BCUT2D eigenvalue weighted by molar-refractivity contribution is 6.08. The van der Waals surface area contributed by atoms with Gasteiger partial charge >= 0.3 is 5.97 Å². The van der Waals surface area contributed by atoms with Crippen LogP contribution >= 0.6 is 0 Å². The molecule has 0 bridgehead atoms. The van der Waals surface area contributed by atoms with Gasteiger partial charge in [0.2, 0.25) is 0 Å². The van der Waals surface area contributed by atoms with Crippen LogP contribution in [0.1, 0.15) is 50.9 Å². The number of rotatable bonds is 6. The van der Waals surface area contributed by atoms with Crippen LogP contribution in [0.25, 0.3) is 22.2 Å². The molecule has 0 amide bonds. The number of para-hydroxylation sites is 2. The summed E-state index contributed by atoms with van der Waals surface area (Å²) in [4.78, 5) is 22.2. The van der Waals surface area contributed by atoms with Crippen LogP contribution in [0.3, 0.4) is 0 Å². The fraction of sp³-hybridized carbons (Fsp3) is 0.450. The summed E-state index contributed by atoms with van der Waals surface area (Å²) in [6, 6.07) is 7.62. The summed E-state index contributed by atoms with van der Waals surface area (Å²) in [7, 11) is 0. The van der Waals surface area contributed by atoms with Crippen LogP contribution in [0.5, 0.6) is 0 Å². The molecular formula is C20H26N4O2. The predicted octanol–water partition coefficient (Wildman–Crippen LogP) is 4.17. The summed E-state index contributed by atoms with van der Waals surface area (Å²) in [6.45, 7) is 8.83. The number of carbonyl (C=O) groups is 1. The molecule has 2 heterocycles. The number of nitrogen functional groups attached to an aromatic ring is 1. The Morgan fingerprint density at radius 3 is 2.46 bits per heavy atom. The van der Waals surface area contributed by atoms with Gasteiger partial charge < -0.3 is 15.0 Å². The average molecular weight is 354 g/mol. The number of aryl methyl sites for hydroxylation is 1. The Morgan fingerprint density at radius 1 is 1.19 bits per heavy atom. The van der Waals surface area contributed by atoms with Crippen molar-refractivity contribution in [1.82, 2.24) is 14.5 Å². The van der Waals surface area contributed by atoms with Gasteiger partial charge in [-0.25, -0.2) is 14.8 Å². The third-order valence-corrected chi connectivity index (χ3v) is 4.61. The maximum absolute atomic E-state index is 12.8. The molecule has 26 heavy (non-hydrogen) atoms. The number of carbonyl (C=O) groups excluding carboxylic acids is 1. The molecule has 0 fully saturated rings.